The molecule has 20 heavy (non-hydrogen) atoms. The maximum absolute atomic E-state index is 12.6. The van der Waals surface area contributed by atoms with Crippen molar-refractivity contribution in [3.63, 3.8) is 0 Å². The molecular formula is C15H14BrN3O. The molecule has 1 saturated heterocycles. The monoisotopic (exact) mass is 331 g/mol. The number of pyridine rings is 2. The van der Waals surface area contributed by atoms with Crippen molar-refractivity contribution in [3.8, 4) is 0 Å². The highest BCUT2D eigenvalue weighted by Crippen LogP contribution is 2.32. The van der Waals surface area contributed by atoms with Gasteiger partial charge >= 0.3 is 0 Å². The van der Waals surface area contributed by atoms with E-state index in [1.807, 2.05) is 23.2 Å². The van der Waals surface area contributed by atoms with Crippen molar-refractivity contribution in [2.45, 2.75) is 18.9 Å². The van der Waals surface area contributed by atoms with E-state index in [1.165, 1.54) is 0 Å². The molecule has 0 N–H and O–H groups in total. The Morgan fingerprint density at radius 1 is 1.30 bits per heavy atom. The van der Waals surface area contributed by atoms with E-state index in [2.05, 4.69) is 25.9 Å². The molecule has 3 heterocycles. The van der Waals surface area contributed by atoms with Gasteiger partial charge in [0.25, 0.3) is 5.91 Å². The molecular weight excluding hydrogens is 318 g/mol. The summed E-state index contributed by atoms with van der Waals surface area (Å²) in [6.45, 7) is 0.786. The topological polar surface area (TPSA) is 46.1 Å². The maximum atomic E-state index is 12.6. The molecule has 4 nitrogen and oxygen atoms in total. The summed E-state index contributed by atoms with van der Waals surface area (Å²) in [6, 6.07) is 7.67. The number of carbonyl (C=O) groups is 1. The van der Waals surface area contributed by atoms with Crippen LogP contribution in [0.4, 0.5) is 0 Å². The Kier molecular flexibility index (Phi) is 3.78. The predicted octanol–water partition coefficient (Wildman–Crippen LogP) is 3.22. The van der Waals surface area contributed by atoms with Crippen molar-refractivity contribution in [2.75, 3.05) is 6.54 Å². The first-order chi connectivity index (χ1) is 9.75. The summed E-state index contributed by atoms with van der Waals surface area (Å²) < 4.78 is 0.735. The highest BCUT2D eigenvalue weighted by molar-refractivity contribution is 9.10. The van der Waals surface area contributed by atoms with Crippen LogP contribution in [0.5, 0.6) is 0 Å². The van der Waals surface area contributed by atoms with Gasteiger partial charge in [-0.15, -0.1) is 0 Å². The minimum absolute atomic E-state index is 0.0383. The van der Waals surface area contributed by atoms with E-state index >= 15 is 0 Å². The maximum Gasteiger partial charge on any atom is 0.255 e. The number of hydrogen-bond acceptors (Lipinski definition) is 3. The first-order valence-electron chi connectivity index (χ1n) is 6.58. The predicted molar refractivity (Wildman–Crippen MR) is 79.2 cm³/mol. The summed E-state index contributed by atoms with van der Waals surface area (Å²) in [4.78, 5) is 22.8. The van der Waals surface area contributed by atoms with Crippen LogP contribution in [0.3, 0.4) is 0 Å². The molecule has 1 unspecified atom stereocenters. The van der Waals surface area contributed by atoms with Crippen LogP contribution in [0.15, 0.2) is 47.5 Å². The Hall–Kier alpha value is -1.75. The molecule has 102 valence electrons. The Morgan fingerprint density at radius 2 is 2.20 bits per heavy atom. The molecule has 1 amide bonds. The molecule has 0 spiro atoms. The first-order valence-corrected chi connectivity index (χ1v) is 7.37. The lowest BCUT2D eigenvalue weighted by atomic mass is 10.1. The number of amides is 1. The van der Waals surface area contributed by atoms with Crippen LogP contribution in [0, 0.1) is 0 Å². The lowest BCUT2D eigenvalue weighted by molar-refractivity contribution is 0.0735. The lowest BCUT2D eigenvalue weighted by Crippen LogP contribution is -2.30. The molecule has 1 fully saturated rings. The quantitative estimate of drug-likeness (QED) is 0.794. The van der Waals surface area contributed by atoms with Gasteiger partial charge in [-0.25, -0.2) is 4.98 Å². The number of rotatable bonds is 2. The second-order valence-electron chi connectivity index (χ2n) is 4.81. The van der Waals surface area contributed by atoms with Gasteiger partial charge in [-0.2, -0.15) is 0 Å². The molecule has 0 bridgehead atoms. The van der Waals surface area contributed by atoms with Crippen LogP contribution < -0.4 is 0 Å². The summed E-state index contributed by atoms with van der Waals surface area (Å²) >= 11 is 3.28. The van der Waals surface area contributed by atoms with E-state index in [-0.39, 0.29) is 11.9 Å². The Balaban J connectivity index is 1.85. The molecule has 2 aromatic rings. The second-order valence-corrected chi connectivity index (χ2v) is 5.63. The fourth-order valence-electron chi connectivity index (χ4n) is 2.60. The van der Waals surface area contributed by atoms with Crippen molar-refractivity contribution in [3.05, 3.63) is 58.6 Å². The van der Waals surface area contributed by atoms with Crippen LogP contribution >= 0.6 is 15.9 Å². The van der Waals surface area contributed by atoms with Crippen LogP contribution in [0.2, 0.25) is 0 Å². The second kappa shape index (κ2) is 5.71. The summed E-state index contributed by atoms with van der Waals surface area (Å²) in [5.74, 6) is 0.0383. The number of hydrogen-bond donors (Lipinski definition) is 0. The van der Waals surface area contributed by atoms with Crippen LogP contribution in [0.1, 0.15) is 34.8 Å². The SMILES string of the molecule is O=C(c1ccc(Br)nc1)N1CCCC1c1cccnc1. The third-order valence-corrected chi connectivity index (χ3v) is 4.03. The summed E-state index contributed by atoms with van der Waals surface area (Å²) in [5.41, 5.74) is 1.73. The third-order valence-electron chi connectivity index (χ3n) is 3.56. The molecule has 3 rings (SSSR count). The molecule has 0 saturated carbocycles. The van der Waals surface area contributed by atoms with E-state index in [9.17, 15) is 4.79 Å². The van der Waals surface area contributed by atoms with E-state index in [4.69, 9.17) is 0 Å². The highest BCUT2D eigenvalue weighted by atomic mass is 79.9. The number of halogens is 1. The van der Waals surface area contributed by atoms with Crippen molar-refractivity contribution in [1.29, 1.82) is 0 Å². The highest BCUT2D eigenvalue weighted by Gasteiger charge is 2.30. The Morgan fingerprint density at radius 3 is 2.90 bits per heavy atom. The molecule has 0 radical (unpaired) electrons. The molecule has 1 aliphatic heterocycles. The van der Waals surface area contributed by atoms with Crippen LogP contribution in [-0.2, 0) is 0 Å². The zero-order valence-corrected chi connectivity index (χ0v) is 12.5. The van der Waals surface area contributed by atoms with Crippen LogP contribution in [0.25, 0.3) is 0 Å². The van der Waals surface area contributed by atoms with E-state index < -0.39 is 0 Å². The molecule has 0 aromatic carbocycles. The van der Waals surface area contributed by atoms with Gasteiger partial charge < -0.3 is 4.90 Å². The van der Waals surface area contributed by atoms with E-state index in [0.717, 1.165) is 29.6 Å². The average Bonchev–Trinajstić information content (AvgIpc) is 2.97. The third kappa shape index (κ3) is 2.58. The minimum Gasteiger partial charge on any atom is -0.331 e. The number of nitrogens with zero attached hydrogens (tertiary/aromatic N) is 3. The molecule has 2 aromatic heterocycles. The van der Waals surface area contributed by atoms with Crippen molar-refractivity contribution >= 4 is 21.8 Å². The zero-order valence-electron chi connectivity index (χ0n) is 10.9. The number of aromatic nitrogens is 2. The average molecular weight is 332 g/mol. The van der Waals surface area contributed by atoms with Gasteiger partial charge in [-0.05, 0) is 52.5 Å². The minimum atomic E-state index is 0.0383. The zero-order chi connectivity index (χ0) is 13.9. The van der Waals surface area contributed by atoms with E-state index in [0.29, 0.717) is 5.56 Å². The largest absolute Gasteiger partial charge is 0.331 e. The van der Waals surface area contributed by atoms with Crippen molar-refractivity contribution in [2.24, 2.45) is 0 Å². The van der Waals surface area contributed by atoms with E-state index in [1.54, 1.807) is 24.5 Å². The fraction of sp³-hybridized carbons (Fsp3) is 0.267. The molecule has 1 aliphatic rings. The van der Waals surface area contributed by atoms with Gasteiger partial charge in [-0.1, -0.05) is 6.07 Å². The van der Waals surface area contributed by atoms with Crippen molar-refractivity contribution < 1.29 is 4.79 Å². The Bertz CT molecular complexity index is 600. The molecule has 1 atom stereocenters. The van der Waals surface area contributed by atoms with Gasteiger partial charge in [0.05, 0.1) is 11.6 Å². The normalized spacial score (nSPS) is 18.2. The Labute approximate surface area is 126 Å². The molecule has 5 heteroatoms. The smallest absolute Gasteiger partial charge is 0.255 e. The summed E-state index contributed by atoms with van der Waals surface area (Å²) in [7, 11) is 0. The van der Waals surface area contributed by atoms with Gasteiger partial charge in [0.1, 0.15) is 4.60 Å². The van der Waals surface area contributed by atoms with Gasteiger partial charge in [-0.3, -0.25) is 9.78 Å². The summed E-state index contributed by atoms with van der Waals surface area (Å²) in [5, 5.41) is 0. The van der Waals surface area contributed by atoms with Gasteiger partial charge in [0.15, 0.2) is 0 Å². The van der Waals surface area contributed by atoms with Gasteiger partial charge in [0, 0.05) is 25.1 Å². The fourth-order valence-corrected chi connectivity index (χ4v) is 2.83. The number of likely N-dealkylation sites (tertiary alicyclic amines) is 1. The van der Waals surface area contributed by atoms with Gasteiger partial charge in [0.2, 0.25) is 0 Å². The standard InChI is InChI=1S/C15H14BrN3O/c16-14-6-5-12(10-18-14)15(20)19-8-2-4-13(19)11-3-1-7-17-9-11/h1,3,5-7,9-10,13H,2,4,8H2. The summed E-state index contributed by atoms with van der Waals surface area (Å²) in [6.07, 6.45) is 7.22. The number of carbonyl (C=O) groups excluding carboxylic acids is 1. The molecule has 0 aliphatic carbocycles. The van der Waals surface area contributed by atoms with Crippen molar-refractivity contribution in [1.82, 2.24) is 14.9 Å². The lowest BCUT2D eigenvalue weighted by Gasteiger charge is -2.24. The first kappa shape index (κ1) is 13.2. The van der Waals surface area contributed by atoms with Crippen LogP contribution in [-0.4, -0.2) is 27.3 Å².